The van der Waals surface area contributed by atoms with E-state index in [2.05, 4.69) is 20.1 Å². The van der Waals surface area contributed by atoms with Crippen LogP contribution in [0.25, 0.3) is 17.8 Å². The van der Waals surface area contributed by atoms with Gasteiger partial charge in [-0.2, -0.15) is 5.10 Å². The first kappa shape index (κ1) is 21.0. The van der Waals surface area contributed by atoms with Crippen molar-refractivity contribution in [1.29, 1.82) is 0 Å². The van der Waals surface area contributed by atoms with Gasteiger partial charge in [0.2, 0.25) is 5.88 Å². The minimum atomic E-state index is -0.849. The molecule has 5 rings (SSSR count). The Hall–Kier alpha value is -3.88. The fourth-order valence-electron chi connectivity index (χ4n) is 4.12. The minimum Gasteiger partial charge on any atom is -0.479 e. The zero-order valence-corrected chi connectivity index (χ0v) is 18.2. The van der Waals surface area contributed by atoms with Crippen LogP contribution in [-0.4, -0.2) is 36.4 Å². The fraction of sp³-hybridized carbons (Fsp3) is 0.250. The van der Waals surface area contributed by atoms with E-state index in [1.807, 2.05) is 29.8 Å². The molecule has 1 aliphatic heterocycles. The molecule has 0 amide bonds. The average molecular weight is 448 g/mol. The standard InChI is InChI=1S/C24H22F2N6O/c1-15-13-31(14-27-15)20-10-8-16(28-24(20)33-2)9-11-21-29-23-18(6-4-12-32(23)30-21)17-5-3-7-19(25)22(17)26/h3,5,7-11,13-14,18H,4,6,12H2,1-2H3/t18-/m0/s1. The van der Waals surface area contributed by atoms with Crippen molar-refractivity contribution in [3.8, 4) is 11.6 Å². The van der Waals surface area contributed by atoms with Crippen LogP contribution < -0.4 is 4.74 Å². The van der Waals surface area contributed by atoms with Gasteiger partial charge in [-0.15, -0.1) is 0 Å². The molecule has 1 aliphatic rings. The molecule has 9 heteroatoms. The summed E-state index contributed by atoms with van der Waals surface area (Å²) in [6.07, 6.45) is 8.66. The van der Waals surface area contributed by atoms with Gasteiger partial charge in [-0.25, -0.2) is 28.4 Å². The van der Waals surface area contributed by atoms with E-state index in [1.54, 1.807) is 36.3 Å². The van der Waals surface area contributed by atoms with Gasteiger partial charge < -0.3 is 9.30 Å². The number of aryl methyl sites for hydroxylation is 2. The van der Waals surface area contributed by atoms with E-state index in [1.165, 1.54) is 6.07 Å². The van der Waals surface area contributed by atoms with Crippen molar-refractivity contribution in [3.63, 3.8) is 0 Å². The molecule has 0 fully saturated rings. The number of halogens is 2. The molecule has 0 spiro atoms. The van der Waals surface area contributed by atoms with Gasteiger partial charge in [0, 0.05) is 24.2 Å². The van der Waals surface area contributed by atoms with Gasteiger partial charge in [0.1, 0.15) is 11.5 Å². The number of hydrogen-bond acceptors (Lipinski definition) is 5. The number of methoxy groups -OCH3 is 1. The van der Waals surface area contributed by atoms with Crippen LogP contribution >= 0.6 is 0 Å². The Labute approximate surface area is 189 Å². The second-order valence-electron chi connectivity index (χ2n) is 7.91. The number of benzene rings is 1. The summed E-state index contributed by atoms with van der Waals surface area (Å²) in [6.45, 7) is 2.60. The summed E-state index contributed by atoms with van der Waals surface area (Å²) in [7, 11) is 1.57. The van der Waals surface area contributed by atoms with Gasteiger partial charge >= 0.3 is 0 Å². The van der Waals surface area contributed by atoms with Crippen LogP contribution in [-0.2, 0) is 6.54 Å². The Morgan fingerprint density at radius 3 is 2.79 bits per heavy atom. The zero-order chi connectivity index (χ0) is 22.9. The van der Waals surface area contributed by atoms with Crippen LogP contribution in [0.5, 0.6) is 5.88 Å². The Kier molecular flexibility index (Phi) is 5.45. The highest BCUT2D eigenvalue weighted by Crippen LogP contribution is 2.34. The van der Waals surface area contributed by atoms with Crippen molar-refractivity contribution in [2.45, 2.75) is 32.2 Å². The van der Waals surface area contributed by atoms with Crippen molar-refractivity contribution in [2.24, 2.45) is 0 Å². The molecule has 0 saturated carbocycles. The maximum atomic E-state index is 14.4. The summed E-state index contributed by atoms with van der Waals surface area (Å²) in [6, 6.07) is 8.03. The van der Waals surface area contributed by atoms with Gasteiger partial charge in [0.15, 0.2) is 17.5 Å². The number of rotatable bonds is 5. The van der Waals surface area contributed by atoms with E-state index >= 15 is 0 Å². The van der Waals surface area contributed by atoms with Crippen molar-refractivity contribution in [2.75, 3.05) is 7.11 Å². The summed E-state index contributed by atoms with van der Waals surface area (Å²) in [5.74, 6) is -0.404. The van der Waals surface area contributed by atoms with E-state index in [-0.39, 0.29) is 5.92 Å². The predicted molar refractivity (Wildman–Crippen MR) is 119 cm³/mol. The highest BCUT2D eigenvalue weighted by atomic mass is 19.2. The van der Waals surface area contributed by atoms with Gasteiger partial charge in [0.25, 0.3) is 0 Å². The molecule has 4 aromatic rings. The van der Waals surface area contributed by atoms with Crippen molar-refractivity contribution in [1.82, 2.24) is 29.3 Å². The van der Waals surface area contributed by atoms with Crippen LogP contribution in [0.15, 0.2) is 42.9 Å². The number of aromatic nitrogens is 6. The molecule has 0 bridgehead atoms. The third-order valence-electron chi connectivity index (χ3n) is 5.70. The predicted octanol–water partition coefficient (Wildman–Crippen LogP) is 4.55. The van der Waals surface area contributed by atoms with E-state index < -0.39 is 11.6 Å². The monoisotopic (exact) mass is 448 g/mol. The lowest BCUT2D eigenvalue weighted by Gasteiger charge is -2.22. The van der Waals surface area contributed by atoms with Crippen molar-refractivity contribution < 1.29 is 13.5 Å². The zero-order valence-electron chi connectivity index (χ0n) is 18.2. The third-order valence-corrected chi connectivity index (χ3v) is 5.70. The molecule has 0 aliphatic carbocycles. The molecule has 1 aromatic carbocycles. The van der Waals surface area contributed by atoms with Crippen molar-refractivity contribution >= 4 is 12.2 Å². The van der Waals surface area contributed by atoms with Crippen LogP contribution in [0.4, 0.5) is 8.78 Å². The molecule has 168 valence electrons. The first-order valence-corrected chi connectivity index (χ1v) is 10.7. The number of pyridine rings is 1. The van der Waals surface area contributed by atoms with Gasteiger partial charge in [0.05, 0.1) is 24.8 Å². The Bertz CT molecular complexity index is 1340. The summed E-state index contributed by atoms with van der Waals surface area (Å²) >= 11 is 0. The Morgan fingerprint density at radius 1 is 1.12 bits per heavy atom. The number of imidazole rings is 1. The molecule has 4 heterocycles. The largest absolute Gasteiger partial charge is 0.479 e. The number of fused-ring (bicyclic) bond motifs is 1. The van der Waals surface area contributed by atoms with Gasteiger partial charge in [-0.3, -0.25) is 0 Å². The third kappa shape index (κ3) is 4.02. The van der Waals surface area contributed by atoms with Gasteiger partial charge in [-0.05, 0) is 50.1 Å². The highest BCUT2D eigenvalue weighted by molar-refractivity contribution is 5.65. The lowest BCUT2D eigenvalue weighted by Crippen LogP contribution is -2.19. The second-order valence-corrected chi connectivity index (χ2v) is 7.91. The van der Waals surface area contributed by atoms with Crippen LogP contribution in [0, 0.1) is 18.6 Å². The van der Waals surface area contributed by atoms with E-state index in [4.69, 9.17) is 4.74 Å². The number of ether oxygens (including phenoxy) is 1. The average Bonchev–Trinajstić information content (AvgIpc) is 3.45. The maximum absolute atomic E-state index is 14.4. The quantitative estimate of drug-likeness (QED) is 0.448. The molecule has 0 saturated heterocycles. The number of hydrogen-bond donors (Lipinski definition) is 0. The second kappa shape index (κ2) is 8.57. The van der Waals surface area contributed by atoms with Crippen molar-refractivity contribution in [3.05, 3.63) is 83.1 Å². The lowest BCUT2D eigenvalue weighted by atomic mass is 9.91. The number of nitrogens with zero attached hydrogens (tertiary/aromatic N) is 6. The SMILES string of the molecule is COc1nc(C=Cc2nc3n(n2)CCC[C@H]3c2cccc(F)c2F)ccc1-n1cnc(C)c1. The molecule has 0 radical (unpaired) electrons. The maximum Gasteiger partial charge on any atom is 0.238 e. The van der Waals surface area contributed by atoms with E-state index in [0.717, 1.165) is 23.9 Å². The molecule has 0 unspecified atom stereocenters. The summed E-state index contributed by atoms with van der Waals surface area (Å²) in [5, 5.41) is 4.54. The lowest BCUT2D eigenvalue weighted by molar-refractivity contribution is 0.395. The normalized spacial score (nSPS) is 15.7. The van der Waals surface area contributed by atoms with Crippen LogP contribution in [0.1, 0.15) is 47.4 Å². The van der Waals surface area contributed by atoms with E-state index in [9.17, 15) is 8.78 Å². The first-order valence-electron chi connectivity index (χ1n) is 10.7. The highest BCUT2D eigenvalue weighted by Gasteiger charge is 2.28. The Morgan fingerprint density at radius 2 is 2.00 bits per heavy atom. The first-order chi connectivity index (χ1) is 16.0. The molecule has 3 aromatic heterocycles. The Balaban J connectivity index is 1.42. The summed E-state index contributed by atoms with van der Waals surface area (Å²) < 4.78 is 37.3. The molecular weight excluding hydrogens is 426 g/mol. The summed E-state index contributed by atoms with van der Waals surface area (Å²) in [4.78, 5) is 13.4. The topological polar surface area (TPSA) is 70.7 Å². The molecular formula is C24H22F2N6O. The fourth-order valence-corrected chi connectivity index (χ4v) is 4.12. The van der Waals surface area contributed by atoms with Crippen LogP contribution in [0.2, 0.25) is 0 Å². The molecule has 0 N–H and O–H groups in total. The molecule has 33 heavy (non-hydrogen) atoms. The molecule has 1 atom stereocenters. The summed E-state index contributed by atoms with van der Waals surface area (Å²) in [5.41, 5.74) is 2.67. The van der Waals surface area contributed by atoms with Gasteiger partial charge in [-0.1, -0.05) is 12.1 Å². The van der Waals surface area contributed by atoms with Crippen LogP contribution in [0.3, 0.4) is 0 Å². The smallest absolute Gasteiger partial charge is 0.238 e. The minimum absolute atomic E-state index is 0.315. The molecule has 7 nitrogen and oxygen atoms in total. The van der Waals surface area contributed by atoms with E-state index in [0.29, 0.717) is 41.8 Å².